The first-order valence-corrected chi connectivity index (χ1v) is 10.2. The van der Waals surface area contributed by atoms with Gasteiger partial charge in [-0.25, -0.2) is 4.99 Å². The van der Waals surface area contributed by atoms with Gasteiger partial charge in [0.15, 0.2) is 17.5 Å². The minimum atomic E-state index is -2.92. The lowest BCUT2D eigenvalue weighted by Gasteiger charge is -2.23. The van der Waals surface area contributed by atoms with Crippen molar-refractivity contribution in [3.05, 3.63) is 46.2 Å². The van der Waals surface area contributed by atoms with Crippen LogP contribution in [0, 0.1) is 0 Å². The number of nitrogens with zero attached hydrogens (tertiary/aromatic N) is 1. The molecule has 0 bridgehead atoms. The van der Waals surface area contributed by atoms with E-state index in [0.29, 0.717) is 25.7 Å². The number of rotatable bonds is 10. The second-order valence-corrected chi connectivity index (χ2v) is 7.34. The summed E-state index contributed by atoms with van der Waals surface area (Å²) in [6, 6.07) is 8.52. The molecule has 1 aromatic carbocycles. The third-order valence-electron chi connectivity index (χ3n) is 3.94. The SMILES string of the molecule is CCNC(=NCc1ccc(OC(F)F)c(OCC)c1)NCC(C)(O)c1cccs1.I. The molecule has 0 saturated heterocycles. The number of hydrogen-bond donors (Lipinski definition) is 3. The Bertz CT molecular complexity index is 790. The van der Waals surface area contributed by atoms with Crippen molar-refractivity contribution in [2.45, 2.75) is 39.5 Å². The summed E-state index contributed by atoms with van der Waals surface area (Å²) in [6.45, 7) is 4.09. The highest BCUT2D eigenvalue weighted by Crippen LogP contribution is 2.30. The number of alkyl halides is 2. The number of nitrogens with one attached hydrogen (secondary N) is 2. The van der Waals surface area contributed by atoms with Crippen molar-refractivity contribution < 1.29 is 23.4 Å². The van der Waals surface area contributed by atoms with E-state index in [4.69, 9.17) is 4.74 Å². The van der Waals surface area contributed by atoms with Crippen molar-refractivity contribution in [1.29, 1.82) is 0 Å². The Morgan fingerprint density at radius 3 is 2.60 bits per heavy atom. The highest BCUT2D eigenvalue weighted by Gasteiger charge is 2.24. The molecule has 1 heterocycles. The maximum Gasteiger partial charge on any atom is 0.387 e. The number of thiophene rings is 1. The molecule has 2 aromatic rings. The number of halogens is 3. The van der Waals surface area contributed by atoms with Gasteiger partial charge in [-0.15, -0.1) is 35.3 Å². The fourth-order valence-electron chi connectivity index (χ4n) is 2.55. The second kappa shape index (κ2) is 12.9. The Morgan fingerprint density at radius 1 is 1.23 bits per heavy atom. The molecular formula is C20H28F2IN3O3S. The van der Waals surface area contributed by atoms with Crippen LogP contribution in [-0.4, -0.2) is 37.4 Å². The van der Waals surface area contributed by atoms with Crippen molar-refractivity contribution in [2.75, 3.05) is 19.7 Å². The summed E-state index contributed by atoms with van der Waals surface area (Å²) in [5.41, 5.74) is -0.252. The van der Waals surface area contributed by atoms with Crippen LogP contribution in [0.25, 0.3) is 0 Å². The number of guanidine groups is 1. The zero-order valence-electron chi connectivity index (χ0n) is 17.2. The van der Waals surface area contributed by atoms with E-state index in [1.165, 1.54) is 17.4 Å². The van der Waals surface area contributed by atoms with Gasteiger partial charge in [0.25, 0.3) is 0 Å². The van der Waals surface area contributed by atoms with Gasteiger partial charge in [0.05, 0.1) is 19.7 Å². The van der Waals surface area contributed by atoms with Crippen LogP contribution < -0.4 is 20.1 Å². The molecule has 0 saturated carbocycles. The highest BCUT2D eigenvalue weighted by atomic mass is 127. The standard InChI is InChI=1S/C20H27F2N3O3S.HI/c1-4-23-19(25-13-20(3,26)17-7-6-10-29-17)24-12-14-8-9-15(28-18(21)22)16(11-14)27-5-2;/h6-11,18,26H,4-5,12-13H2,1-3H3,(H2,23,24,25);1H. The van der Waals surface area contributed by atoms with E-state index < -0.39 is 12.2 Å². The number of ether oxygens (including phenoxy) is 2. The fraction of sp³-hybridized carbons (Fsp3) is 0.450. The van der Waals surface area contributed by atoms with Gasteiger partial charge >= 0.3 is 6.61 Å². The van der Waals surface area contributed by atoms with E-state index in [-0.39, 0.29) is 42.0 Å². The van der Waals surface area contributed by atoms with Crippen LogP contribution in [0.4, 0.5) is 8.78 Å². The number of hydrogen-bond acceptors (Lipinski definition) is 5. The van der Waals surface area contributed by atoms with Gasteiger partial charge in [-0.1, -0.05) is 12.1 Å². The quantitative estimate of drug-likeness (QED) is 0.231. The molecule has 6 nitrogen and oxygen atoms in total. The molecule has 30 heavy (non-hydrogen) atoms. The van der Waals surface area contributed by atoms with E-state index in [0.717, 1.165) is 10.4 Å². The molecule has 168 valence electrons. The molecule has 0 radical (unpaired) electrons. The van der Waals surface area contributed by atoms with Gasteiger partial charge < -0.3 is 25.2 Å². The lowest BCUT2D eigenvalue weighted by molar-refractivity contribution is -0.0514. The molecule has 0 aliphatic heterocycles. The van der Waals surface area contributed by atoms with Crippen molar-refractivity contribution in [2.24, 2.45) is 4.99 Å². The van der Waals surface area contributed by atoms with Gasteiger partial charge in [0.2, 0.25) is 0 Å². The Morgan fingerprint density at radius 2 is 2.00 bits per heavy atom. The molecule has 3 N–H and O–H groups in total. The first-order chi connectivity index (χ1) is 13.9. The van der Waals surface area contributed by atoms with Crippen molar-refractivity contribution >= 4 is 41.3 Å². The van der Waals surface area contributed by atoms with Crippen LogP contribution in [0.2, 0.25) is 0 Å². The molecule has 0 aliphatic carbocycles. The summed E-state index contributed by atoms with van der Waals surface area (Å²) in [6.07, 6.45) is 0. The zero-order valence-corrected chi connectivity index (χ0v) is 20.3. The molecule has 1 unspecified atom stereocenters. The summed E-state index contributed by atoms with van der Waals surface area (Å²) in [7, 11) is 0. The Kier molecular flexibility index (Phi) is 11.3. The predicted molar refractivity (Wildman–Crippen MR) is 126 cm³/mol. The van der Waals surface area contributed by atoms with Gasteiger partial charge in [-0.2, -0.15) is 8.78 Å². The highest BCUT2D eigenvalue weighted by molar-refractivity contribution is 14.0. The van der Waals surface area contributed by atoms with Crippen molar-refractivity contribution in [3.8, 4) is 11.5 Å². The topological polar surface area (TPSA) is 75.1 Å². The van der Waals surface area contributed by atoms with Crippen LogP contribution >= 0.6 is 35.3 Å². The molecule has 1 aromatic heterocycles. The lowest BCUT2D eigenvalue weighted by atomic mass is 10.1. The molecule has 0 spiro atoms. The predicted octanol–water partition coefficient (Wildman–Crippen LogP) is 4.33. The van der Waals surface area contributed by atoms with E-state index in [1.807, 2.05) is 24.4 Å². The fourth-order valence-corrected chi connectivity index (χ4v) is 3.34. The summed E-state index contributed by atoms with van der Waals surface area (Å²) in [5, 5.41) is 18.8. The largest absolute Gasteiger partial charge is 0.490 e. The molecule has 10 heteroatoms. The molecule has 0 amide bonds. The molecular weight excluding hydrogens is 527 g/mol. The van der Waals surface area contributed by atoms with E-state index in [2.05, 4.69) is 20.4 Å². The van der Waals surface area contributed by atoms with E-state index in [1.54, 1.807) is 26.0 Å². The summed E-state index contributed by atoms with van der Waals surface area (Å²) < 4.78 is 34.9. The van der Waals surface area contributed by atoms with Crippen LogP contribution in [0.3, 0.4) is 0 Å². The molecule has 0 fully saturated rings. The van der Waals surface area contributed by atoms with Crippen LogP contribution in [0.15, 0.2) is 40.7 Å². The zero-order chi connectivity index (χ0) is 21.3. The molecule has 0 aliphatic rings. The van der Waals surface area contributed by atoms with Crippen LogP contribution in [0.1, 0.15) is 31.2 Å². The summed E-state index contributed by atoms with van der Waals surface area (Å²) >= 11 is 1.49. The third-order valence-corrected chi connectivity index (χ3v) is 5.06. The average molecular weight is 555 g/mol. The Balaban J connectivity index is 0.00000450. The summed E-state index contributed by atoms with van der Waals surface area (Å²) in [4.78, 5) is 5.36. The van der Waals surface area contributed by atoms with Crippen molar-refractivity contribution in [1.82, 2.24) is 10.6 Å². The number of benzene rings is 1. The van der Waals surface area contributed by atoms with E-state index >= 15 is 0 Å². The van der Waals surface area contributed by atoms with Gasteiger partial charge in [-0.3, -0.25) is 0 Å². The van der Waals surface area contributed by atoms with E-state index in [9.17, 15) is 13.9 Å². The second-order valence-electron chi connectivity index (χ2n) is 6.39. The van der Waals surface area contributed by atoms with Gasteiger partial charge in [0, 0.05) is 11.4 Å². The maximum absolute atomic E-state index is 12.5. The third kappa shape index (κ3) is 8.23. The monoisotopic (exact) mass is 555 g/mol. The summed E-state index contributed by atoms with van der Waals surface area (Å²) in [5.74, 6) is 0.779. The maximum atomic E-state index is 12.5. The number of aliphatic imine (C=N–C) groups is 1. The average Bonchev–Trinajstić information content (AvgIpc) is 3.21. The van der Waals surface area contributed by atoms with Crippen molar-refractivity contribution in [3.63, 3.8) is 0 Å². The van der Waals surface area contributed by atoms with Gasteiger partial charge in [0.1, 0.15) is 5.60 Å². The minimum Gasteiger partial charge on any atom is -0.490 e. The van der Waals surface area contributed by atoms with Crippen LogP contribution in [0.5, 0.6) is 11.5 Å². The normalized spacial score (nSPS) is 13.4. The Hall–Kier alpha value is -1.66. The first-order valence-electron chi connectivity index (χ1n) is 9.34. The molecule has 2 rings (SSSR count). The lowest BCUT2D eigenvalue weighted by Crippen LogP contribution is -2.44. The minimum absolute atomic E-state index is 0. The van der Waals surface area contributed by atoms with Crippen LogP contribution in [-0.2, 0) is 12.1 Å². The smallest absolute Gasteiger partial charge is 0.387 e. The first kappa shape index (κ1) is 26.4. The molecule has 1 atom stereocenters. The Labute approximate surface area is 196 Å². The number of aliphatic hydroxyl groups is 1. The van der Waals surface area contributed by atoms with Gasteiger partial charge in [-0.05, 0) is 49.9 Å².